The van der Waals surface area contributed by atoms with E-state index in [1.54, 1.807) is 173 Å². The first-order valence-electron chi connectivity index (χ1n) is 36.9. The molecule has 3 amide bonds. The third-order valence-electron chi connectivity index (χ3n) is 15.0. The van der Waals surface area contributed by atoms with Crippen LogP contribution in [0.15, 0.2) is 91.0 Å². The predicted octanol–water partition coefficient (Wildman–Crippen LogP) is 16.6. The van der Waals surface area contributed by atoms with Gasteiger partial charge in [-0.15, -0.1) is 0 Å². The molecule has 0 spiro atoms. The van der Waals surface area contributed by atoms with Gasteiger partial charge in [-0.2, -0.15) is 0 Å². The minimum Gasteiger partial charge on any atom is -0.426 e. The van der Waals surface area contributed by atoms with E-state index in [9.17, 15) is 52.7 Å². The standard InChI is InChI=1S/C23H35NO5.C20H29NO5.C19H28O4.C13H17NO3.C12H16O2/c1-21(2,3)18(25)24-13-12-15-10-11-16(28-19(26)22(4,5)6)17(14-15)29-20(27)23(7,8)9;1-13(22)21-11-10-14-8-9-15(25-17(23)19(2,3)4)16(12-14)26-18(24)20(5,6)7;1-8-9-13-10-11-14(22-16(20)18(2,3)4)15(12-13)23-17(21)19(5,6)7;1-9-4-5-12(6-7-14-10(2)15)8-13(9)17-11(3)16;1-4-5-11-7-6-9(2)12(8-11)14-10(3)13/h10-11,14H,12-13H2,1-9H3,(H,24,25);8-9,12H,10-11H2,1-7H3,(H,21,22);10-12H,8-9H2,1-7H3;4-5,8H,6-7H2,1-3H3,(H,14,15);6-8H,4-5H2,1-3H3. The van der Waals surface area contributed by atoms with Crippen molar-refractivity contribution in [3.05, 3.63) is 130 Å². The van der Waals surface area contributed by atoms with Gasteiger partial charge in [0.15, 0.2) is 34.5 Å². The van der Waals surface area contributed by atoms with Crippen LogP contribution in [0.1, 0.15) is 239 Å². The van der Waals surface area contributed by atoms with Gasteiger partial charge in [-0.25, -0.2) is 0 Å². The van der Waals surface area contributed by atoms with Crippen LogP contribution in [-0.4, -0.2) is 85.1 Å². The first-order chi connectivity index (χ1) is 49.9. The van der Waals surface area contributed by atoms with Gasteiger partial charge in [-0.05, 0) is 258 Å². The van der Waals surface area contributed by atoms with Crippen molar-refractivity contribution in [1.29, 1.82) is 0 Å². The molecule has 0 atom stereocenters. The maximum Gasteiger partial charge on any atom is 0.316 e. The number of hydrogen-bond acceptors (Lipinski definition) is 19. The summed E-state index contributed by atoms with van der Waals surface area (Å²) >= 11 is 0. The van der Waals surface area contributed by atoms with Gasteiger partial charge in [-0.1, -0.05) is 89.9 Å². The van der Waals surface area contributed by atoms with E-state index in [2.05, 4.69) is 35.9 Å². The van der Waals surface area contributed by atoms with Crippen LogP contribution in [0.2, 0.25) is 0 Å². The summed E-state index contributed by atoms with van der Waals surface area (Å²) in [5.74, 6) is -0.564. The number of nitrogens with one attached hydrogen (secondary N) is 3. The molecule has 22 heteroatoms. The summed E-state index contributed by atoms with van der Waals surface area (Å²) in [5, 5.41) is 8.33. The Bertz CT molecular complexity index is 3930. The maximum absolute atomic E-state index is 12.4. The zero-order valence-electron chi connectivity index (χ0n) is 70.5. The Morgan fingerprint density at radius 2 is 0.477 bits per heavy atom. The number of esters is 8. The van der Waals surface area contributed by atoms with Gasteiger partial charge < -0.3 is 53.8 Å². The monoisotopic (exact) mass is 1520 g/mol. The lowest BCUT2D eigenvalue weighted by atomic mass is 9.95. The Labute approximate surface area is 648 Å². The number of benzene rings is 5. The molecule has 3 N–H and O–H groups in total. The molecule has 0 aliphatic carbocycles. The number of carbonyl (C=O) groups excluding carboxylic acids is 11. The highest BCUT2D eigenvalue weighted by molar-refractivity contribution is 5.84. The summed E-state index contributed by atoms with van der Waals surface area (Å²) in [6.45, 7) is 52.5. The zero-order chi connectivity index (χ0) is 84.0. The summed E-state index contributed by atoms with van der Waals surface area (Å²) in [5.41, 5.74) is 2.41. The lowest BCUT2D eigenvalue weighted by molar-refractivity contribution is -0.145. The van der Waals surface area contributed by atoms with Crippen LogP contribution < -0.4 is 53.8 Å². The molecule has 109 heavy (non-hydrogen) atoms. The number of carbonyl (C=O) groups is 11. The van der Waals surface area contributed by atoms with Crippen LogP contribution in [0, 0.1) is 51.8 Å². The predicted molar refractivity (Wildman–Crippen MR) is 424 cm³/mol. The van der Waals surface area contributed by atoms with Crippen molar-refractivity contribution < 1.29 is 90.6 Å². The first-order valence-corrected chi connectivity index (χ1v) is 36.9. The van der Waals surface area contributed by atoms with E-state index < -0.39 is 61.8 Å². The van der Waals surface area contributed by atoms with Gasteiger partial charge in [0.2, 0.25) is 17.7 Å². The Kier molecular flexibility index (Phi) is 38.8. The molecule has 5 aromatic rings. The van der Waals surface area contributed by atoms with Crippen LogP contribution in [0.5, 0.6) is 46.0 Å². The minimum atomic E-state index is -0.706. The molecule has 5 rings (SSSR count). The highest BCUT2D eigenvalue weighted by Crippen LogP contribution is 2.37. The second-order valence-corrected chi connectivity index (χ2v) is 33.8. The molecule has 0 aromatic heterocycles. The third-order valence-corrected chi connectivity index (χ3v) is 15.0. The summed E-state index contributed by atoms with van der Waals surface area (Å²) in [6, 6.07) is 27.2. The molecule has 0 saturated heterocycles. The third kappa shape index (κ3) is 38.8. The van der Waals surface area contributed by atoms with E-state index in [1.807, 2.05) is 71.0 Å². The molecule has 0 unspecified atom stereocenters. The first kappa shape index (κ1) is 97.3. The van der Waals surface area contributed by atoms with Crippen molar-refractivity contribution in [3.63, 3.8) is 0 Å². The van der Waals surface area contributed by atoms with E-state index in [0.717, 1.165) is 59.1 Å². The van der Waals surface area contributed by atoms with Crippen molar-refractivity contribution in [3.8, 4) is 46.0 Å². The fourth-order valence-electron chi connectivity index (χ4n) is 8.19. The Morgan fingerprint density at radius 1 is 0.266 bits per heavy atom. The Hall–Kier alpha value is -9.73. The number of amides is 3. The van der Waals surface area contributed by atoms with E-state index in [0.29, 0.717) is 56.1 Å². The molecule has 22 nitrogen and oxygen atoms in total. The summed E-state index contributed by atoms with van der Waals surface area (Å²) in [4.78, 5) is 129. The SMILES string of the molecule is CC(=O)NCCc1ccc(C)c(OC(C)=O)c1.CC(=O)NCCc1ccc(OC(=O)C(C)(C)C)c(OC(=O)C(C)(C)C)c1.CC(C)(C)C(=O)NCCc1ccc(OC(=O)C(C)(C)C)c(OC(=O)C(C)(C)C)c1.CCCc1ccc(C)c(OC(C)=O)c1.CCCc1ccc(OC(=O)C(C)(C)C)c(OC(=O)C(C)(C)C)c1. The minimum absolute atomic E-state index is 0.0346. The molecule has 0 aliphatic rings. The van der Waals surface area contributed by atoms with Crippen molar-refractivity contribution in [2.45, 2.75) is 246 Å². The van der Waals surface area contributed by atoms with Crippen LogP contribution in [-0.2, 0) is 84.8 Å². The van der Waals surface area contributed by atoms with Crippen LogP contribution in [0.25, 0.3) is 0 Å². The van der Waals surface area contributed by atoms with E-state index in [-0.39, 0.29) is 70.3 Å². The average Bonchev–Trinajstić information content (AvgIpc) is 0.834. The van der Waals surface area contributed by atoms with Crippen molar-refractivity contribution in [2.24, 2.45) is 37.9 Å². The molecule has 0 saturated carbocycles. The summed E-state index contributed by atoms with van der Waals surface area (Å²) in [7, 11) is 0. The smallest absolute Gasteiger partial charge is 0.316 e. The molecule has 0 radical (unpaired) electrons. The summed E-state index contributed by atoms with van der Waals surface area (Å²) < 4.78 is 43.1. The van der Waals surface area contributed by atoms with E-state index in [4.69, 9.17) is 37.9 Å². The molecule has 0 heterocycles. The van der Waals surface area contributed by atoms with Crippen molar-refractivity contribution in [1.82, 2.24) is 16.0 Å². The normalized spacial score (nSPS) is 11.4. The van der Waals surface area contributed by atoms with Gasteiger partial charge in [-0.3, -0.25) is 52.7 Å². The van der Waals surface area contributed by atoms with Gasteiger partial charge in [0.25, 0.3) is 0 Å². The average molecular weight is 1520 g/mol. The van der Waals surface area contributed by atoms with E-state index in [1.165, 1.54) is 33.3 Å². The van der Waals surface area contributed by atoms with Crippen molar-refractivity contribution >= 4 is 65.5 Å². The topological polar surface area (TPSA) is 298 Å². The van der Waals surface area contributed by atoms with Gasteiger partial charge >= 0.3 is 47.8 Å². The number of hydrogen-bond donors (Lipinski definition) is 3. The van der Waals surface area contributed by atoms with Crippen molar-refractivity contribution in [2.75, 3.05) is 19.6 Å². The van der Waals surface area contributed by atoms with Crippen LogP contribution in [0.4, 0.5) is 0 Å². The lowest BCUT2D eigenvalue weighted by Crippen LogP contribution is -2.35. The number of aryl methyl sites for hydroxylation is 4. The Morgan fingerprint density at radius 3 is 0.688 bits per heavy atom. The largest absolute Gasteiger partial charge is 0.426 e. The summed E-state index contributed by atoms with van der Waals surface area (Å²) in [6.07, 6.45) is 5.80. The highest BCUT2D eigenvalue weighted by atomic mass is 16.6. The molecular formula is C87H125N3O19. The molecule has 0 bridgehead atoms. The number of ether oxygens (including phenoxy) is 8. The fraction of sp³-hybridized carbons (Fsp3) is 0.529. The number of rotatable bonds is 21. The quantitative estimate of drug-likeness (QED) is 0.0454. The molecule has 5 aromatic carbocycles. The second-order valence-electron chi connectivity index (χ2n) is 33.8. The highest BCUT2D eigenvalue weighted by Gasteiger charge is 2.32. The van der Waals surface area contributed by atoms with Gasteiger partial charge in [0.1, 0.15) is 11.5 Å². The maximum atomic E-state index is 12.4. The van der Waals surface area contributed by atoms with Crippen LogP contribution >= 0.6 is 0 Å². The molecule has 0 aliphatic heterocycles. The second kappa shape index (κ2) is 43.5. The van der Waals surface area contributed by atoms with E-state index >= 15 is 0 Å². The van der Waals surface area contributed by atoms with Crippen LogP contribution in [0.3, 0.4) is 0 Å². The molecule has 0 fully saturated rings. The molecular weight excluding hydrogens is 1390 g/mol. The van der Waals surface area contributed by atoms with Gasteiger partial charge in [0.05, 0.1) is 32.5 Å². The fourth-order valence-corrected chi connectivity index (χ4v) is 8.19. The Balaban J connectivity index is 0.000000695. The zero-order valence-corrected chi connectivity index (χ0v) is 70.5. The lowest BCUT2D eigenvalue weighted by Gasteiger charge is -2.21. The van der Waals surface area contributed by atoms with Gasteiger partial charge in [0, 0.05) is 52.7 Å². The molecule has 602 valence electrons.